The van der Waals surface area contributed by atoms with E-state index in [0.717, 1.165) is 18.4 Å². The predicted molar refractivity (Wildman–Crippen MR) is 103 cm³/mol. The molecule has 0 fully saturated rings. The van der Waals surface area contributed by atoms with Crippen LogP contribution >= 0.6 is 0 Å². The molecule has 0 bridgehead atoms. The molecule has 144 valence electrons. The minimum Gasteiger partial charge on any atom is -0.497 e. The smallest absolute Gasteiger partial charge is 0.244 e. The molecule has 1 N–H and O–H groups in total. The Kier molecular flexibility index (Phi) is 8.16. The first-order valence-electron chi connectivity index (χ1n) is 8.68. The minimum absolute atomic E-state index is 0.181. The third-order valence-corrected chi connectivity index (χ3v) is 3.80. The van der Waals surface area contributed by atoms with Gasteiger partial charge in [-0.05, 0) is 61.4 Å². The van der Waals surface area contributed by atoms with Gasteiger partial charge in [-0.25, -0.2) is 4.39 Å². The lowest BCUT2D eigenvalue weighted by molar-refractivity contribution is -0.116. The monoisotopic (exact) mass is 373 g/mol. The van der Waals surface area contributed by atoms with Gasteiger partial charge in [0.1, 0.15) is 23.1 Å². The molecule has 2 rings (SSSR count). The van der Waals surface area contributed by atoms with Gasteiger partial charge in [0.25, 0.3) is 0 Å². The Balaban J connectivity index is 1.68. The van der Waals surface area contributed by atoms with Gasteiger partial charge in [-0.15, -0.1) is 0 Å². The molecule has 0 atom stereocenters. The molecule has 0 aliphatic heterocycles. The summed E-state index contributed by atoms with van der Waals surface area (Å²) in [6, 6.07) is 11.3. The Hall–Kier alpha value is -3.02. The zero-order valence-corrected chi connectivity index (χ0v) is 15.5. The van der Waals surface area contributed by atoms with Gasteiger partial charge in [0, 0.05) is 18.2 Å². The number of carbonyl (C=O) groups excluding carboxylic acids is 1. The van der Waals surface area contributed by atoms with Crippen LogP contribution in [-0.2, 0) is 4.79 Å². The molecule has 2 aromatic rings. The van der Waals surface area contributed by atoms with E-state index >= 15 is 0 Å². The maximum Gasteiger partial charge on any atom is 0.244 e. The second-order valence-electron chi connectivity index (χ2n) is 5.74. The zero-order chi connectivity index (χ0) is 19.5. The molecule has 27 heavy (non-hydrogen) atoms. The summed E-state index contributed by atoms with van der Waals surface area (Å²) in [5.74, 6) is 1.52. The highest BCUT2D eigenvalue weighted by molar-refractivity contribution is 5.92. The number of hydrogen-bond donors (Lipinski definition) is 1. The van der Waals surface area contributed by atoms with Crippen molar-refractivity contribution < 1.29 is 23.4 Å². The van der Waals surface area contributed by atoms with E-state index in [9.17, 15) is 9.18 Å². The minimum atomic E-state index is -0.287. The van der Waals surface area contributed by atoms with E-state index in [2.05, 4.69) is 5.32 Å². The molecular formula is C21H24FNO4. The Morgan fingerprint density at radius 2 is 1.78 bits per heavy atom. The average Bonchev–Trinajstić information content (AvgIpc) is 2.70. The highest BCUT2D eigenvalue weighted by Crippen LogP contribution is 2.24. The van der Waals surface area contributed by atoms with Crippen molar-refractivity contribution >= 4 is 12.0 Å². The molecule has 6 heteroatoms. The number of nitrogens with one attached hydrogen (secondary N) is 1. The van der Waals surface area contributed by atoms with Crippen LogP contribution in [0.25, 0.3) is 6.08 Å². The van der Waals surface area contributed by atoms with Gasteiger partial charge in [-0.1, -0.05) is 0 Å². The predicted octanol–water partition coefficient (Wildman–Crippen LogP) is 3.83. The Bertz CT molecular complexity index is 759. The number of rotatable bonds is 10. The Morgan fingerprint density at radius 1 is 1.04 bits per heavy atom. The molecule has 0 heterocycles. The van der Waals surface area contributed by atoms with E-state index < -0.39 is 0 Å². The number of hydrogen-bond acceptors (Lipinski definition) is 4. The van der Waals surface area contributed by atoms with E-state index in [-0.39, 0.29) is 11.7 Å². The van der Waals surface area contributed by atoms with Gasteiger partial charge in [0.2, 0.25) is 5.91 Å². The second-order valence-corrected chi connectivity index (χ2v) is 5.74. The average molecular weight is 373 g/mol. The largest absolute Gasteiger partial charge is 0.497 e. The fraction of sp³-hybridized carbons (Fsp3) is 0.286. The maximum atomic E-state index is 12.8. The van der Waals surface area contributed by atoms with Crippen molar-refractivity contribution in [3.63, 3.8) is 0 Å². The number of amides is 1. The van der Waals surface area contributed by atoms with Crippen LogP contribution in [0.3, 0.4) is 0 Å². The summed E-state index contributed by atoms with van der Waals surface area (Å²) < 4.78 is 28.7. The first kappa shape index (κ1) is 20.3. The SMILES string of the molecule is COc1ccc(OC)c(/C=C/C(=O)NCCCCOc2ccc(F)cc2)c1. The highest BCUT2D eigenvalue weighted by Gasteiger charge is 2.03. The molecule has 5 nitrogen and oxygen atoms in total. The molecule has 0 spiro atoms. The fourth-order valence-electron chi connectivity index (χ4n) is 2.35. The van der Waals surface area contributed by atoms with Crippen LogP contribution in [-0.4, -0.2) is 33.3 Å². The zero-order valence-electron chi connectivity index (χ0n) is 15.5. The van der Waals surface area contributed by atoms with Crippen molar-refractivity contribution in [1.29, 1.82) is 0 Å². The number of carbonyl (C=O) groups is 1. The number of ether oxygens (including phenoxy) is 3. The number of benzene rings is 2. The summed E-state index contributed by atoms with van der Waals surface area (Å²) in [6.45, 7) is 1.06. The summed E-state index contributed by atoms with van der Waals surface area (Å²) in [5.41, 5.74) is 0.764. The van der Waals surface area contributed by atoms with E-state index in [1.807, 2.05) is 0 Å². The van der Waals surface area contributed by atoms with Crippen LogP contribution in [0.2, 0.25) is 0 Å². The van der Waals surface area contributed by atoms with E-state index in [1.165, 1.54) is 18.2 Å². The van der Waals surface area contributed by atoms with Crippen molar-refractivity contribution in [3.05, 3.63) is 59.9 Å². The van der Waals surface area contributed by atoms with Gasteiger partial charge >= 0.3 is 0 Å². The quantitative estimate of drug-likeness (QED) is 0.508. The van der Waals surface area contributed by atoms with Gasteiger partial charge in [-0.2, -0.15) is 0 Å². The topological polar surface area (TPSA) is 56.8 Å². The molecule has 0 radical (unpaired) electrons. The summed E-state index contributed by atoms with van der Waals surface area (Å²) in [5, 5.41) is 2.82. The van der Waals surface area contributed by atoms with Gasteiger partial charge < -0.3 is 19.5 Å². The Morgan fingerprint density at radius 3 is 2.48 bits per heavy atom. The molecule has 0 saturated carbocycles. The summed E-state index contributed by atoms with van der Waals surface area (Å²) in [6.07, 6.45) is 4.72. The number of unbranched alkanes of at least 4 members (excludes halogenated alkanes) is 1. The third kappa shape index (κ3) is 7.01. The lowest BCUT2D eigenvalue weighted by Crippen LogP contribution is -2.22. The van der Waals surface area contributed by atoms with Crippen LogP contribution in [0.4, 0.5) is 4.39 Å². The maximum absolute atomic E-state index is 12.8. The lowest BCUT2D eigenvalue weighted by Gasteiger charge is -2.07. The molecular weight excluding hydrogens is 349 g/mol. The lowest BCUT2D eigenvalue weighted by atomic mass is 10.1. The van der Waals surface area contributed by atoms with Crippen LogP contribution in [0, 0.1) is 5.82 Å². The molecule has 0 unspecified atom stereocenters. The van der Waals surface area contributed by atoms with Crippen molar-refractivity contribution in [2.75, 3.05) is 27.4 Å². The first-order valence-corrected chi connectivity index (χ1v) is 8.68. The van der Waals surface area contributed by atoms with Crippen LogP contribution in [0.5, 0.6) is 17.2 Å². The molecule has 0 saturated heterocycles. The highest BCUT2D eigenvalue weighted by atomic mass is 19.1. The van der Waals surface area contributed by atoms with E-state index in [0.29, 0.717) is 30.4 Å². The molecule has 1 amide bonds. The van der Waals surface area contributed by atoms with Crippen LogP contribution in [0.15, 0.2) is 48.5 Å². The second kappa shape index (κ2) is 10.9. The third-order valence-electron chi connectivity index (χ3n) is 3.80. The van der Waals surface area contributed by atoms with Crippen molar-refractivity contribution in [2.24, 2.45) is 0 Å². The van der Waals surface area contributed by atoms with E-state index in [4.69, 9.17) is 14.2 Å². The molecule has 0 aliphatic rings. The summed E-state index contributed by atoms with van der Waals surface area (Å²) >= 11 is 0. The number of methoxy groups -OCH3 is 2. The van der Waals surface area contributed by atoms with Gasteiger partial charge in [-0.3, -0.25) is 4.79 Å². The standard InChI is InChI=1S/C21H24FNO4/c1-25-19-10-11-20(26-2)16(15-19)5-12-21(24)23-13-3-4-14-27-18-8-6-17(22)7-9-18/h5-12,15H,3-4,13-14H2,1-2H3,(H,23,24)/b12-5+. The van der Waals surface area contributed by atoms with Crippen LogP contribution < -0.4 is 19.5 Å². The van der Waals surface area contributed by atoms with Crippen molar-refractivity contribution in [1.82, 2.24) is 5.32 Å². The number of halogens is 1. The van der Waals surface area contributed by atoms with Crippen molar-refractivity contribution in [2.45, 2.75) is 12.8 Å². The normalized spacial score (nSPS) is 10.6. The van der Waals surface area contributed by atoms with E-state index in [1.54, 1.807) is 50.6 Å². The first-order chi connectivity index (χ1) is 13.1. The molecule has 0 aliphatic carbocycles. The van der Waals surface area contributed by atoms with Gasteiger partial charge in [0.05, 0.1) is 20.8 Å². The summed E-state index contributed by atoms with van der Waals surface area (Å²) in [7, 11) is 3.16. The van der Waals surface area contributed by atoms with Crippen LogP contribution in [0.1, 0.15) is 18.4 Å². The summed E-state index contributed by atoms with van der Waals surface area (Å²) in [4.78, 5) is 11.9. The molecule has 2 aromatic carbocycles. The van der Waals surface area contributed by atoms with Gasteiger partial charge in [0.15, 0.2) is 0 Å². The van der Waals surface area contributed by atoms with Crippen molar-refractivity contribution in [3.8, 4) is 17.2 Å². The molecule has 0 aromatic heterocycles. The fourth-order valence-corrected chi connectivity index (χ4v) is 2.35. The Labute approximate surface area is 158 Å².